The van der Waals surface area contributed by atoms with Gasteiger partial charge in [0.15, 0.2) is 21.3 Å². The number of carbonyl (C=O) groups is 1. The van der Waals surface area contributed by atoms with E-state index in [1.54, 1.807) is 11.0 Å². The third-order valence-electron chi connectivity index (χ3n) is 4.12. The molecule has 1 aromatic rings. The quantitative estimate of drug-likeness (QED) is 0.780. The number of nitrogens with zero attached hydrogens (tertiary/aromatic N) is 1. The first-order valence-corrected chi connectivity index (χ1v) is 9.49. The number of sulfone groups is 1. The van der Waals surface area contributed by atoms with Crippen molar-refractivity contribution in [1.29, 1.82) is 0 Å². The van der Waals surface area contributed by atoms with Crippen LogP contribution in [0.2, 0.25) is 0 Å². The zero-order valence-electron chi connectivity index (χ0n) is 14.6. The lowest BCUT2D eigenvalue weighted by Crippen LogP contribution is -2.52. The molecule has 0 radical (unpaired) electrons. The summed E-state index contributed by atoms with van der Waals surface area (Å²) in [5.74, 6) is 0.452. The topological polar surface area (TPSA) is 84.9 Å². The van der Waals surface area contributed by atoms with Crippen molar-refractivity contribution in [2.24, 2.45) is 0 Å². The molecule has 0 saturated carbocycles. The third-order valence-corrected chi connectivity index (χ3v) is 5.83. The molecule has 1 atom stereocenters. The number of methoxy groups -OCH3 is 2. The van der Waals surface area contributed by atoms with E-state index < -0.39 is 9.84 Å². The first-order valence-electron chi connectivity index (χ1n) is 7.84. The minimum absolute atomic E-state index is 0. The summed E-state index contributed by atoms with van der Waals surface area (Å²) in [7, 11) is -0.634. The summed E-state index contributed by atoms with van der Waals surface area (Å²) in [6, 6.07) is 4.52. The van der Waals surface area contributed by atoms with Gasteiger partial charge >= 0.3 is 0 Å². The number of hydrogen-bond donors (Lipinski definition) is 1. The van der Waals surface area contributed by atoms with Crippen molar-refractivity contribution in [2.45, 2.75) is 24.3 Å². The molecule has 9 heteroatoms. The van der Waals surface area contributed by atoms with Gasteiger partial charge in [0, 0.05) is 38.2 Å². The van der Waals surface area contributed by atoms with E-state index in [0.717, 1.165) is 13.1 Å². The van der Waals surface area contributed by atoms with Crippen molar-refractivity contribution in [3.8, 4) is 11.5 Å². The first-order chi connectivity index (χ1) is 11.4. The molecule has 1 aliphatic heterocycles. The number of piperazine rings is 1. The second-order valence-corrected chi connectivity index (χ2v) is 7.84. The van der Waals surface area contributed by atoms with Gasteiger partial charge in [-0.15, -0.1) is 12.4 Å². The van der Waals surface area contributed by atoms with Gasteiger partial charge < -0.3 is 19.7 Å². The molecule has 142 valence electrons. The number of hydrogen-bond acceptors (Lipinski definition) is 6. The number of ether oxygens (including phenoxy) is 2. The molecule has 1 aliphatic rings. The summed E-state index contributed by atoms with van der Waals surface area (Å²) in [5.41, 5.74) is 0. The Kier molecular flexibility index (Phi) is 7.98. The Labute approximate surface area is 155 Å². The summed E-state index contributed by atoms with van der Waals surface area (Å²) in [6.45, 7) is 4.02. The Hall–Kier alpha value is -1.51. The second-order valence-electron chi connectivity index (χ2n) is 5.73. The van der Waals surface area contributed by atoms with Crippen LogP contribution in [0, 0.1) is 0 Å². The van der Waals surface area contributed by atoms with Crippen molar-refractivity contribution >= 4 is 28.2 Å². The molecule has 1 unspecified atom stereocenters. The van der Waals surface area contributed by atoms with E-state index in [1.807, 2.05) is 6.92 Å². The molecular weight excluding hydrogens is 368 g/mol. The summed E-state index contributed by atoms with van der Waals surface area (Å²) in [4.78, 5) is 14.2. The number of carbonyl (C=O) groups excluding carboxylic acids is 1. The van der Waals surface area contributed by atoms with Crippen LogP contribution in [0.3, 0.4) is 0 Å². The van der Waals surface area contributed by atoms with E-state index in [2.05, 4.69) is 5.32 Å². The number of halogens is 1. The maximum Gasteiger partial charge on any atom is 0.223 e. The zero-order chi connectivity index (χ0) is 17.7. The van der Waals surface area contributed by atoms with Gasteiger partial charge in [0.25, 0.3) is 0 Å². The Morgan fingerprint density at radius 3 is 2.56 bits per heavy atom. The summed E-state index contributed by atoms with van der Waals surface area (Å²) < 4.78 is 35.2. The lowest BCUT2D eigenvalue weighted by atomic mass is 10.2. The van der Waals surface area contributed by atoms with Crippen LogP contribution in [0.15, 0.2) is 23.1 Å². The fraction of sp³-hybridized carbons (Fsp3) is 0.562. The standard InChI is InChI=1S/C16H24N2O5S.ClH/c1-12-11-17-7-8-18(12)16(19)6-9-24(20,21)13-4-5-14(22-2)15(10-13)23-3;/h4-5,10,12,17H,6-9,11H2,1-3H3;1H. The molecule has 0 aromatic heterocycles. The number of nitrogens with one attached hydrogen (secondary N) is 1. The molecule has 1 amide bonds. The summed E-state index contributed by atoms with van der Waals surface area (Å²) in [6.07, 6.45) is -0.0268. The maximum atomic E-state index is 12.5. The van der Waals surface area contributed by atoms with Crippen LogP contribution in [0.5, 0.6) is 11.5 Å². The molecule has 0 spiro atoms. The van der Waals surface area contributed by atoms with E-state index in [-0.39, 0.29) is 41.4 Å². The average molecular weight is 393 g/mol. The molecule has 0 aliphatic carbocycles. The second kappa shape index (κ2) is 9.26. The summed E-state index contributed by atoms with van der Waals surface area (Å²) >= 11 is 0. The van der Waals surface area contributed by atoms with E-state index in [0.29, 0.717) is 18.0 Å². The fourth-order valence-corrected chi connectivity index (χ4v) is 3.95. The smallest absolute Gasteiger partial charge is 0.223 e. The highest BCUT2D eigenvalue weighted by molar-refractivity contribution is 7.91. The zero-order valence-corrected chi connectivity index (χ0v) is 16.3. The molecule has 1 heterocycles. The van der Waals surface area contributed by atoms with Gasteiger partial charge in [-0.05, 0) is 19.1 Å². The predicted molar refractivity (Wildman–Crippen MR) is 97.5 cm³/mol. The molecule has 7 nitrogen and oxygen atoms in total. The van der Waals surface area contributed by atoms with Crippen molar-refractivity contribution in [2.75, 3.05) is 39.6 Å². The number of benzene rings is 1. The third kappa shape index (κ3) is 5.23. The van der Waals surface area contributed by atoms with Gasteiger partial charge in [-0.2, -0.15) is 0 Å². The van der Waals surface area contributed by atoms with Crippen molar-refractivity contribution < 1.29 is 22.7 Å². The SMILES string of the molecule is COc1ccc(S(=O)(=O)CCC(=O)N2CCNCC2C)cc1OC.Cl. The van der Waals surface area contributed by atoms with Gasteiger partial charge in [-0.3, -0.25) is 4.79 Å². The van der Waals surface area contributed by atoms with E-state index in [4.69, 9.17) is 9.47 Å². The highest BCUT2D eigenvalue weighted by Gasteiger charge is 2.25. The highest BCUT2D eigenvalue weighted by Crippen LogP contribution is 2.30. The normalized spacial score (nSPS) is 17.6. The van der Waals surface area contributed by atoms with Crippen LogP contribution in [-0.2, 0) is 14.6 Å². The van der Waals surface area contributed by atoms with Gasteiger partial charge in [0.05, 0.1) is 24.9 Å². The molecule has 0 bridgehead atoms. The Balaban J connectivity index is 0.00000312. The largest absolute Gasteiger partial charge is 0.493 e. The number of rotatable bonds is 6. The van der Waals surface area contributed by atoms with Crippen LogP contribution in [-0.4, -0.2) is 64.9 Å². The molecule has 1 fully saturated rings. The minimum atomic E-state index is -3.57. The Bertz CT molecular complexity index is 696. The van der Waals surface area contributed by atoms with Crippen LogP contribution in [0.25, 0.3) is 0 Å². The van der Waals surface area contributed by atoms with Crippen LogP contribution in [0.4, 0.5) is 0 Å². The monoisotopic (exact) mass is 392 g/mol. The maximum absolute atomic E-state index is 12.5. The molecule has 1 aromatic carbocycles. The minimum Gasteiger partial charge on any atom is -0.493 e. The lowest BCUT2D eigenvalue weighted by molar-refractivity contribution is -0.133. The van der Waals surface area contributed by atoms with Crippen LogP contribution < -0.4 is 14.8 Å². The fourth-order valence-electron chi connectivity index (χ4n) is 2.70. The molecule has 1 N–H and O–H groups in total. The molecule has 2 rings (SSSR count). The molecular formula is C16H25ClN2O5S. The van der Waals surface area contributed by atoms with Gasteiger partial charge in [0.2, 0.25) is 5.91 Å². The molecule has 1 saturated heterocycles. The average Bonchev–Trinajstić information content (AvgIpc) is 2.59. The molecule has 25 heavy (non-hydrogen) atoms. The van der Waals surface area contributed by atoms with Crippen LogP contribution in [0.1, 0.15) is 13.3 Å². The van der Waals surface area contributed by atoms with Gasteiger partial charge in [-0.1, -0.05) is 0 Å². The van der Waals surface area contributed by atoms with E-state index >= 15 is 0 Å². The van der Waals surface area contributed by atoms with E-state index in [9.17, 15) is 13.2 Å². The lowest BCUT2D eigenvalue weighted by Gasteiger charge is -2.34. The van der Waals surface area contributed by atoms with Crippen molar-refractivity contribution in [1.82, 2.24) is 10.2 Å². The van der Waals surface area contributed by atoms with E-state index in [1.165, 1.54) is 26.4 Å². The highest BCUT2D eigenvalue weighted by atomic mass is 35.5. The number of amides is 1. The van der Waals surface area contributed by atoms with Crippen molar-refractivity contribution in [3.05, 3.63) is 18.2 Å². The predicted octanol–water partition coefficient (Wildman–Crippen LogP) is 1.11. The summed E-state index contributed by atoms with van der Waals surface area (Å²) in [5, 5.41) is 3.20. The first kappa shape index (κ1) is 21.5. The van der Waals surface area contributed by atoms with Crippen LogP contribution >= 0.6 is 12.4 Å². The Morgan fingerprint density at radius 2 is 1.96 bits per heavy atom. The van der Waals surface area contributed by atoms with Crippen molar-refractivity contribution in [3.63, 3.8) is 0 Å². The Morgan fingerprint density at radius 1 is 1.28 bits per heavy atom. The van der Waals surface area contributed by atoms with Gasteiger partial charge in [0.1, 0.15) is 0 Å². The van der Waals surface area contributed by atoms with Gasteiger partial charge in [-0.25, -0.2) is 8.42 Å².